The predicted octanol–water partition coefficient (Wildman–Crippen LogP) is 18.1. The van der Waals surface area contributed by atoms with Crippen molar-refractivity contribution in [1.82, 2.24) is 0 Å². The van der Waals surface area contributed by atoms with E-state index in [0.29, 0.717) is 0 Å². The lowest BCUT2D eigenvalue weighted by Gasteiger charge is -2.46. The molecule has 0 heterocycles. The second kappa shape index (κ2) is 14.8. The molecule has 0 aliphatic heterocycles. The molecule has 14 rings (SSSR count). The predicted molar refractivity (Wildman–Crippen MR) is 297 cm³/mol. The Morgan fingerprint density at radius 3 is 1.25 bits per heavy atom. The molecule has 0 fully saturated rings. The van der Waals surface area contributed by atoms with Crippen LogP contribution in [-0.4, -0.2) is 0 Å². The smallest absolute Gasteiger partial charge is 0.0719 e. The van der Waals surface area contributed by atoms with Gasteiger partial charge in [0.05, 0.1) is 5.41 Å². The summed E-state index contributed by atoms with van der Waals surface area (Å²) in [5, 5.41) is 0. The zero-order valence-corrected chi connectivity index (χ0v) is 41.3. The van der Waals surface area contributed by atoms with E-state index >= 15 is 0 Å². The Labute approximate surface area is 418 Å². The van der Waals surface area contributed by atoms with Crippen LogP contribution in [0.3, 0.4) is 0 Å². The van der Waals surface area contributed by atoms with Crippen molar-refractivity contribution in [3.63, 3.8) is 0 Å². The third-order valence-corrected chi connectivity index (χ3v) is 17.4. The molecule has 71 heavy (non-hydrogen) atoms. The molecule has 0 amide bonds. The summed E-state index contributed by atoms with van der Waals surface area (Å²) in [6.45, 7) is 14.4. The highest BCUT2D eigenvalue weighted by Gasteiger charge is 2.53. The van der Waals surface area contributed by atoms with Gasteiger partial charge < -0.3 is 4.90 Å². The van der Waals surface area contributed by atoms with Gasteiger partial charge in [0, 0.05) is 33.3 Å². The molecule has 0 saturated carbocycles. The summed E-state index contributed by atoms with van der Waals surface area (Å²) in [4.78, 5) is 2.47. The minimum atomic E-state index is -0.431. The lowest BCUT2D eigenvalue weighted by molar-refractivity contribution is 0.563. The standard InChI is InChI=1S/C70H55N/c1-67(2)56-24-12-10-21-51(56)53-39-36-48(42-64(53)67)71(47-34-31-45(32-35-47)44-19-8-7-9-20-44)49-37-40-54-52-38-33-46(41-63(52)69(5,6)65(54)43-49)50-23-18-30-62-66(50)55-22-11-13-25-57(55)70(62)60-28-16-14-26-58(60)68(3,4)59-27-15-17-29-61(59)70/h7-43H,1-6H3. The Morgan fingerprint density at radius 1 is 0.239 bits per heavy atom. The number of anilines is 3. The largest absolute Gasteiger partial charge is 0.310 e. The molecule has 340 valence electrons. The van der Waals surface area contributed by atoms with Crippen molar-refractivity contribution in [3.05, 3.63) is 280 Å². The molecule has 0 radical (unpaired) electrons. The molecule has 4 aliphatic rings. The van der Waals surface area contributed by atoms with Gasteiger partial charge in [0.15, 0.2) is 0 Å². The summed E-state index contributed by atoms with van der Waals surface area (Å²) in [6, 6.07) is 85.2. The van der Waals surface area contributed by atoms with E-state index in [-0.39, 0.29) is 16.2 Å². The van der Waals surface area contributed by atoms with Crippen LogP contribution < -0.4 is 4.90 Å². The number of hydrogen-bond acceptors (Lipinski definition) is 1. The Balaban J connectivity index is 0.902. The van der Waals surface area contributed by atoms with E-state index in [1.165, 1.54) is 111 Å². The van der Waals surface area contributed by atoms with E-state index in [1.807, 2.05) is 0 Å². The van der Waals surface area contributed by atoms with Gasteiger partial charge in [-0.1, -0.05) is 224 Å². The van der Waals surface area contributed by atoms with Crippen LogP contribution in [0, 0.1) is 0 Å². The first kappa shape index (κ1) is 41.9. The van der Waals surface area contributed by atoms with Crippen molar-refractivity contribution in [2.75, 3.05) is 4.90 Å². The van der Waals surface area contributed by atoms with E-state index in [0.717, 1.165) is 17.1 Å². The molecule has 0 N–H and O–H groups in total. The highest BCUT2D eigenvalue weighted by molar-refractivity contribution is 5.98. The van der Waals surface area contributed by atoms with Gasteiger partial charge in [-0.05, 0) is 154 Å². The first-order chi connectivity index (χ1) is 34.5. The van der Waals surface area contributed by atoms with E-state index in [1.54, 1.807) is 0 Å². The number of nitrogens with zero attached hydrogens (tertiary/aromatic N) is 1. The third kappa shape index (κ3) is 5.64. The normalized spacial score (nSPS) is 15.9. The van der Waals surface area contributed by atoms with E-state index in [4.69, 9.17) is 0 Å². The van der Waals surface area contributed by atoms with E-state index in [9.17, 15) is 0 Å². The average molecular weight is 910 g/mol. The molecule has 1 nitrogen and oxygen atoms in total. The van der Waals surface area contributed by atoms with Gasteiger partial charge in [-0.2, -0.15) is 0 Å². The quantitative estimate of drug-likeness (QED) is 0.166. The lowest BCUT2D eigenvalue weighted by atomic mass is 9.55. The second-order valence-corrected chi connectivity index (χ2v) is 22.0. The van der Waals surface area contributed by atoms with Crippen LogP contribution in [-0.2, 0) is 21.7 Å². The number of rotatable bonds is 5. The van der Waals surface area contributed by atoms with Gasteiger partial charge in [-0.15, -0.1) is 0 Å². The maximum atomic E-state index is 2.52. The molecule has 0 saturated heterocycles. The van der Waals surface area contributed by atoms with Crippen LogP contribution in [0.4, 0.5) is 17.1 Å². The zero-order valence-electron chi connectivity index (χ0n) is 41.3. The first-order valence-electron chi connectivity index (χ1n) is 25.4. The fourth-order valence-corrected chi connectivity index (χ4v) is 13.9. The van der Waals surface area contributed by atoms with Crippen LogP contribution in [0.2, 0.25) is 0 Å². The lowest BCUT2D eigenvalue weighted by Crippen LogP contribution is -2.40. The highest BCUT2D eigenvalue weighted by Crippen LogP contribution is 2.64. The van der Waals surface area contributed by atoms with E-state index < -0.39 is 5.41 Å². The van der Waals surface area contributed by atoms with Crippen LogP contribution >= 0.6 is 0 Å². The third-order valence-electron chi connectivity index (χ3n) is 17.4. The fourth-order valence-electron chi connectivity index (χ4n) is 13.9. The molecule has 0 bridgehead atoms. The number of hydrogen-bond donors (Lipinski definition) is 0. The van der Waals surface area contributed by atoms with Crippen molar-refractivity contribution in [1.29, 1.82) is 0 Å². The maximum absolute atomic E-state index is 2.52. The van der Waals surface area contributed by atoms with Crippen LogP contribution in [0.25, 0.3) is 55.6 Å². The molecule has 4 aliphatic carbocycles. The van der Waals surface area contributed by atoms with Crippen LogP contribution in [0.15, 0.2) is 224 Å². The summed E-state index contributed by atoms with van der Waals surface area (Å²) < 4.78 is 0. The molecular weight excluding hydrogens is 855 g/mol. The monoisotopic (exact) mass is 909 g/mol. The Bertz CT molecular complexity index is 3790. The maximum Gasteiger partial charge on any atom is 0.0719 e. The van der Waals surface area contributed by atoms with Crippen molar-refractivity contribution in [3.8, 4) is 55.6 Å². The number of benzene rings is 10. The highest BCUT2D eigenvalue weighted by atomic mass is 15.1. The van der Waals surface area contributed by atoms with Crippen LogP contribution in [0.5, 0.6) is 0 Å². The van der Waals surface area contributed by atoms with E-state index in [2.05, 4.69) is 271 Å². The molecule has 1 spiro atoms. The average Bonchev–Trinajstić information content (AvgIpc) is 3.93. The fraction of sp³-hybridized carbons (Fsp3) is 0.143. The van der Waals surface area contributed by atoms with Gasteiger partial charge >= 0.3 is 0 Å². The SMILES string of the molecule is CC1(C)c2ccccc2-c2ccc(N(c3ccc(-c4ccccc4)cc3)c3ccc4c(c3)C(C)(C)c3cc(-c5cccc6c5-c5ccccc5C65c6ccccc6C(C)(C)c6ccccc65)ccc3-4)cc21. The Kier molecular flexibility index (Phi) is 8.72. The summed E-state index contributed by atoms with van der Waals surface area (Å²) in [7, 11) is 0. The minimum absolute atomic E-state index is 0.117. The Morgan fingerprint density at radius 2 is 0.634 bits per heavy atom. The Hall–Kier alpha value is -8.00. The van der Waals surface area contributed by atoms with Gasteiger partial charge in [0.2, 0.25) is 0 Å². The van der Waals surface area contributed by atoms with Crippen molar-refractivity contribution < 1.29 is 0 Å². The molecule has 10 aromatic rings. The molecular formula is C70H55N. The number of fused-ring (bicyclic) bond motifs is 15. The molecule has 1 heteroatoms. The molecule has 0 unspecified atom stereocenters. The minimum Gasteiger partial charge on any atom is -0.310 e. The van der Waals surface area contributed by atoms with Crippen molar-refractivity contribution >= 4 is 17.1 Å². The van der Waals surface area contributed by atoms with Gasteiger partial charge in [0.1, 0.15) is 0 Å². The topological polar surface area (TPSA) is 3.24 Å². The second-order valence-electron chi connectivity index (χ2n) is 22.0. The zero-order chi connectivity index (χ0) is 48.0. The summed E-state index contributed by atoms with van der Waals surface area (Å²) in [5.41, 5.74) is 29.2. The van der Waals surface area contributed by atoms with Gasteiger partial charge in [-0.3, -0.25) is 0 Å². The molecule has 10 aromatic carbocycles. The van der Waals surface area contributed by atoms with Gasteiger partial charge in [0.25, 0.3) is 0 Å². The molecule has 0 aromatic heterocycles. The summed E-state index contributed by atoms with van der Waals surface area (Å²) >= 11 is 0. The van der Waals surface area contributed by atoms with Gasteiger partial charge in [-0.25, -0.2) is 0 Å². The van der Waals surface area contributed by atoms with Crippen LogP contribution in [0.1, 0.15) is 97.2 Å². The van der Waals surface area contributed by atoms with Crippen molar-refractivity contribution in [2.45, 2.75) is 63.2 Å². The molecule has 0 atom stereocenters. The van der Waals surface area contributed by atoms with Crippen molar-refractivity contribution in [2.24, 2.45) is 0 Å². The first-order valence-corrected chi connectivity index (χ1v) is 25.4. The summed E-state index contributed by atoms with van der Waals surface area (Å²) in [5.74, 6) is 0. The summed E-state index contributed by atoms with van der Waals surface area (Å²) in [6.07, 6.45) is 0.